The van der Waals surface area contributed by atoms with Crippen LogP contribution in [0, 0.1) is 0 Å². The van der Waals surface area contributed by atoms with Crippen LogP contribution in [-0.2, 0) is 11.0 Å². The summed E-state index contributed by atoms with van der Waals surface area (Å²) < 4.78 is 38.2. The summed E-state index contributed by atoms with van der Waals surface area (Å²) in [6.07, 6.45) is -4.57. The summed E-state index contributed by atoms with van der Waals surface area (Å²) >= 11 is 5.65. The molecule has 3 amide bonds. The molecular weight excluding hydrogens is 435 g/mol. The summed E-state index contributed by atoms with van der Waals surface area (Å²) in [5, 5.41) is 10.5. The molecule has 7 nitrogen and oxygen atoms in total. The standard InChI is InChI=1S/C20H21ClF3N5O2/c21-17-11-15(5-6-16(17)20(22,23)24)28-19(31)27-14-3-1-13(2-4-14)26-18(30)12-29-9-7-25-8-10-29/h1-6,11,25H,7-10,12H2,(H,26,30)(H2,27,28,31). The average Bonchev–Trinajstić information content (AvgIpc) is 2.69. The quantitative estimate of drug-likeness (QED) is 0.552. The first kappa shape index (κ1) is 22.9. The lowest BCUT2D eigenvalue weighted by molar-refractivity contribution is -0.137. The highest BCUT2D eigenvalue weighted by Crippen LogP contribution is 2.35. The van der Waals surface area contributed by atoms with Crippen molar-refractivity contribution in [2.75, 3.05) is 48.7 Å². The SMILES string of the molecule is O=C(CN1CCNCC1)Nc1ccc(NC(=O)Nc2ccc(C(F)(F)F)c(Cl)c2)cc1. The van der Waals surface area contributed by atoms with Crippen LogP contribution >= 0.6 is 11.6 Å². The number of nitrogens with one attached hydrogen (secondary N) is 4. The molecule has 1 aliphatic heterocycles. The van der Waals surface area contributed by atoms with Gasteiger partial charge in [0.2, 0.25) is 5.91 Å². The first-order valence-electron chi connectivity index (χ1n) is 9.48. The first-order valence-corrected chi connectivity index (χ1v) is 9.86. The molecule has 1 saturated heterocycles. The van der Waals surface area contributed by atoms with E-state index in [9.17, 15) is 22.8 Å². The van der Waals surface area contributed by atoms with Crippen LogP contribution in [0.1, 0.15) is 5.56 Å². The third kappa shape index (κ3) is 6.84. The minimum Gasteiger partial charge on any atom is -0.325 e. The molecule has 0 unspecified atom stereocenters. The van der Waals surface area contributed by atoms with Crippen LogP contribution in [0.15, 0.2) is 42.5 Å². The molecule has 0 bridgehead atoms. The Morgan fingerprint density at radius 2 is 1.48 bits per heavy atom. The summed E-state index contributed by atoms with van der Waals surface area (Å²) in [6, 6.07) is 8.77. The van der Waals surface area contributed by atoms with E-state index in [-0.39, 0.29) is 11.6 Å². The molecule has 11 heteroatoms. The van der Waals surface area contributed by atoms with Crippen LogP contribution in [0.25, 0.3) is 0 Å². The molecule has 0 atom stereocenters. The smallest absolute Gasteiger partial charge is 0.325 e. The van der Waals surface area contributed by atoms with E-state index in [0.29, 0.717) is 17.9 Å². The minimum atomic E-state index is -4.57. The lowest BCUT2D eigenvalue weighted by Crippen LogP contribution is -2.46. The predicted molar refractivity (Wildman–Crippen MR) is 113 cm³/mol. The van der Waals surface area contributed by atoms with Gasteiger partial charge in [-0.15, -0.1) is 0 Å². The van der Waals surface area contributed by atoms with E-state index in [1.165, 1.54) is 0 Å². The number of rotatable bonds is 5. The zero-order chi connectivity index (χ0) is 22.4. The normalized spacial score (nSPS) is 14.7. The van der Waals surface area contributed by atoms with Gasteiger partial charge >= 0.3 is 12.2 Å². The van der Waals surface area contributed by atoms with Gasteiger partial charge in [0.05, 0.1) is 17.1 Å². The fraction of sp³-hybridized carbons (Fsp3) is 0.300. The van der Waals surface area contributed by atoms with Gasteiger partial charge in [-0.2, -0.15) is 13.2 Å². The Bertz CT molecular complexity index is 931. The molecule has 2 aromatic carbocycles. The molecule has 31 heavy (non-hydrogen) atoms. The molecule has 2 aromatic rings. The number of carbonyl (C=O) groups excluding carboxylic acids is 2. The highest BCUT2D eigenvalue weighted by atomic mass is 35.5. The molecule has 1 heterocycles. The summed E-state index contributed by atoms with van der Waals surface area (Å²) in [5.74, 6) is -0.125. The van der Waals surface area contributed by atoms with Crippen molar-refractivity contribution in [1.82, 2.24) is 10.2 Å². The number of piperazine rings is 1. The van der Waals surface area contributed by atoms with Gasteiger partial charge in [0.1, 0.15) is 0 Å². The van der Waals surface area contributed by atoms with Crippen molar-refractivity contribution < 1.29 is 22.8 Å². The number of halogens is 4. The Morgan fingerprint density at radius 1 is 0.935 bits per heavy atom. The Balaban J connectivity index is 1.50. The summed E-state index contributed by atoms with van der Waals surface area (Å²) in [7, 11) is 0. The van der Waals surface area contributed by atoms with Gasteiger partial charge in [0.25, 0.3) is 0 Å². The fourth-order valence-corrected chi connectivity index (χ4v) is 3.31. The molecule has 0 aliphatic carbocycles. The van der Waals surface area contributed by atoms with Gasteiger partial charge < -0.3 is 21.3 Å². The van der Waals surface area contributed by atoms with Gasteiger partial charge in [-0.1, -0.05) is 11.6 Å². The van der Waals surface area contributed by atoms with Crippen LogP contribution in [-0.4, -0.2) is 49.6 Å². The van der Waals surface area contributed by atoms with Crippen LogP contribution in [0.2, 0.25) is 5.02 Å². The van der Waals surface area contributed by atoms with Crippen LogP contribution < -0.4 is 21.3 Å². The maximum absolute atomic E-state index is 12.7. The molecule has 166 valence electrons. The van der Waals surface area contributed by atoms with Crippen molar-refractivity contribution in [3.05, 3.63) is 53.1 Å². The van der Waals surface area contributed by atoms with Gasteiger partial charge in [0, 0.05) is 43.2 Å². The van der Waals surface area contributed by atoms with E-state index in [2.05, 4.69) is 26.2 Å². The molecule has 1 aliphatic rings. The second-order valence-electron chi connectivity index (χ2n) is 6.92. The summed E-state index contributed by atoms with van der Waals surface area (Å²) in [5.41, 5.74) is 0.165. The monoisotopic (exact) mass is 455 g/mol. The van der Waals surface area contributed by atoms with Crippen molar-refractivity contribution in [2.45, 2.75) is 6.18 Å². The molecule has 3 rings (SSSR count). The van der Waals surface area contributed by atoms with Crippen LogP contribution in [0.4, 0.5) is 35.0 Å². The highest BCUT2D eigenvalue weighted by Gasteiger charge is 2.33. The van der Waals surface area contributed by atoms with E-state index in [1.54, 1.807) is 24.3 Å². The van der Waals surface area contributed by atoms with Crippen molar-refractivity contribution in [2.24, 2.45) is 0 Å². The third-order valence-corrected chi connectivity index (χ3v) is 4.85. The molecular formula is C20H21ClF3N5O2. The fourth-order valence-electron chi connectivity index (χ4n) is 3.03. The van der Waals surface area contributed by atoms with Gasteiger partial charge in [0.15, 0.2) is 0 Å². The summed E-state index contributed by atoms with van der Waals surface area (Å²) in [6.45, 7) is 3.65. The number of amides is 3. The van der Waals surface area contributed by atoms with Crippen molar-refractivity contribution in [1.29, 1.82) is 0 Å². The zero-order valence-corrected chi connectivity index (χ0v) is 17.1. The summed E-state index contributed by atoms with van der Waals surface area (Å²) in [4.78, 5) is 26.3. The Kier molecular flexibility index (Phi) is 7.37. The maximum atomic E-state index is 12.7. The number of hydrogen-bond acceptors (Lipinski definition) is 4. The van der Waals surface area contributed by atoms with Gasteiger partial charge in [-0.25, -0.2) is 4.79 Å². The van der Waals surface area contributed by atoms with Crippen molar-refractivity contribution >= 4 is 40.6 Å². The predicted octanol–water partition coefficient (Wildman–Crippen LogP) is 3.85. The van der Waals surface area contributed by atoms with E-state index in [4.69, 9.17) is 11.6 Å². The van der Waals surface area contributed by atoms with Crippen LogP contribution in [0.5, 0.6) is 0 Å². The van der Waals surface area contributed by atoms with E-state index in [0.717, 1.165) is 44.4 Å². The van der Waals surface area contributed by atoms with Gasteiger partial charge in [-0.05, 0) is 42.5 Å². The Hall–Kier alpha value is -2.82. The molecule has 0 radical (unpaired) electrons. The zero-order valence-electron chi connectivity index (χ0n) is 16.4. The maximum Gasteiger partial charge on any atom is 0.417 e. The molecule has 1 fully saturated rings. The number of anilines is 3. The number of carbonyl (C=O) groups is 2. The lowest BCUT2D eigenvalue weighted by Gasteiger charge is -2.26. The minimum absolute atomic E-state index is 0.118. The second-order valence-corrected chi connectivity index (χ2v) is 7.33. The Labute approximate surface area is 181 Å². The largest absolute Gasteiger partial charge is 0.417 e. The van der Waals surface area contributed by atoms with E-state index < -0.39 is 22.8 Å². The third-order valence-electron chi connectivity index (χ3n) is 4.54. The number of alkyl halides is 3. The first-order chi connectivity index (χ1) is 14.7. The van der Waals surface area contributed by atoms with E-state index >= 15 is 0 Å². The number of benzene rings is 2. The number of hydrogen-bond donors (Lipinski definition) is 4. The van der Waals surface area contributed by atoms with Gasteiger partial charge in [-0.3, -0.25) is 9.69 Å². The average molecular weight is 456 g/mol. The molecule has 0 saturated carbocycles. The lowest BCUT2D eigenvalue weighted by atomic mass is 10.2. The molecule has 0 aromatic heterocycles. The van der Waals surface area contributed by atoms with Crippen molar-refractivity contribution in [3.63, 3.8) is 0 Å². The number of nitrogens with zero attached hydrogens (tertiary/aromatic N) is 1. The van der Waals surface area contributed by atoms with E-state index in [1.807, 2.05) is 0 Å². The topological polar surface area (TPSA) is 85.5 Å². The van der Waals surface area contributed by atoms with Crippen LogP contribution in [0.3, 0.4) is 0 Å². The highest BCUT2D eigenvalue weighted by molar-refractivity contribution is 6.31. The van der Waals surface area contributed by atoms with Crippen molar-refractivity contribution in [3.8, 4) is 0 Å². The Morgan fingerprint density at radius 3 is 2.06 bits per heavy atom. The molecule has 4 N–H and O–H groups in total. The number of urea groups is 1. The molecule has 0 spiro atoms. The second kappa shape index (κ2) is 9.99.